The fourth-order valence-electron chi connectivity index (χ4n) is 2.69. The molecule has 5 heteroatoms. The number of rotatable bonds is 1. The van der Waals surface area contributed by atoms with Gasteiger partial charge >= 0.3 is 0 Å². The topological polar surface area (TPSA) is 71.6 Å². The molecular formula is C11H21N3O2. The maximum atomic E-state index is 7.41. The van der Waals surface area contributed by atoms with E-state index in [-0.39, 0.29) is 11.6 Å². The lowest BCUT2D eigenvalue weighted by molar-refractivity contribution is -0.145. The van der Waals surface area contributed by atoms with Gasteiger partial charge in [-0.1, -0.05) is 0 Å². The second-order valence-corrected chi connectivity index (χ2v) is 4.75. The predicted molar refractivity (Wildman–Crippen MR) is 61.4 cm³/mol. The van der Waals surface area contributed by atoms with Crippen molar-refractivity contribution in [2.45, 2.75) is 37.4 Å². The maximum Gasteiger partial charge on any atom is 0.188 e. The number of guanidine groups is 1. The van der Waals surface area contributed by atoms with Crippen LogP contribution >= 0.6 is 0 Å². The SMILES string of the molecule is CO[C@@H]1CCOC2(CCN(C(=N)N)CC2)C1. The highest BCUT2D eigenvalue weighted by atomic mass is 16.5. The minimum absolute atomic E-state index is 0.0229. The van der Waals surface area contributed by atoms with E-state index in [1.807, 2.05) is 4.90 Å². The van der Waals surface area contributed by atoms with E-state index in [0.717, 1.165) is 45.4 Å². The zero-order chi connectivity index (χ0) is 11.6. The third-order valence-electron chi connectivity index (χ3n) is 3.80. The molecule has 0 aromatic heterocycles. The Hall–Kier alpha value is -0.810. The fourth-order valence-corrected chi connectivity index (χ4v) is 2.69. The van der Waals surface area contributed by atoms with E-state index in [4.69, 9.17) is 20.6 Å². The largest absolute Gasteiger partial charge is 0.381 e. The first kappa shape index (κ1) is 11.7. The van der Waals surface area contributed by atoms with Crippen LogP contribution in [0.5, 0.6) is 0 Å². The van der Waals surface area contributed by atoms with Crippen LogP contribution in [0.3, 0.4) is 0 Å². The van der Waals surface area contributed by atoms with Crippen LogP contribution in [0.15, 0.2) is 0 Å². The Morgan fingerprint density at radius 3 is 2.75 bits per heavy atom. The molecule has 2 aliphatic rings. The van der Waals surface area contributed by atoms with E-state index < -0.39 is 0 Å². The Bertz CT molecular complexity index is 262. The average Bonchev–Trinajstić information content (AvgIpc) is 2.29. The summed E-state index contributed by atoms with van der Waals surface area (Å²) in [6, 6.07) is 0. The standard InChI is InChI=1S/C11H21N3O2/c1-15-9-2-7-16-11(8-9)3-5-14(6-4-11)10(12)13/h9H,2-8H2,1H3,(H3,12,13)/t9-/m1/s1. The molecule has 0 radical (unpaired) electrons. The molecule has 1 spiro atoms. The third-order valence-corrected chi connectivity index (χ3v) is 3.80. The van der Waals surface area contributed by atoms with Crippen molar-refractivity contribution in [1.82, 2.24) is 4.90 Å². The summed E-state index contributed by atoms with van der Waals surface area (Å²) >= 11 is 0. The molecule has 0 amide bonds. The van der Waals surface area contributed by atoms with Crippen LogP contribution in [0.1, 0.15) is 25.7 Å². The molecule has 0 bridgehead atoms. The first-order chi connectivity index (χ1) is 7.65. The van der Waals surface area contributed by atoms with Gasteiger partial charge in [0.1, 0.15) is 0 Å². The number of nitrogens with two attached hydrogens (primary N) is 1. The van der Waals surface area contributed by atoms with Crippen molar-refractivity contribution >= 4 is 5.96 Å². The lowest BCUT2D eigenvalue weighted by Gasteiger charge is -2.45. The van der Waals surface area contributed by atoms with E-state index in [9.17, 15) is 0 Å². The van der Waals surface area contributed by atoms with Crippen molar-refractivity contribution in [3.8, 4) is 0 Å². The van der Waals surface area contributed by atoms with Crippen LogP contribution < -0.4 is 5.73 Å². The molecule has 92 valence electrons. The van der Waals surface area contributed by atoms with Crippen molar-refractivity contribution in [3.63, 3.8) is 0 Å². The molecule has 0 saturated carbocycles. The quantitative estimate of drug-likeness (QED) is 0.506. The van der Waals surface area contributed by atoms with Gasteiger partial charge in [0.2, 0.25) is 0 Å². The predicted octanol–water partition coefficient (Wildman–Crippen LogP) is 0.540. The monoisotopic (exact) mass is 227 g/mol. The molecule has 3 N–H and O–H groups in total. The van der Waals surface area contributed by atoms with E-state index in [1.165, 1.54) is 0 Å². The number of nitrogens with zero attached hydrogens (tertiary/aromatic N) is 1. The molecule has 0 aromatic rings. The summed E-state index contributed by atoms with van der Waals surface area (Å²) < 4.78 is 11.4. The van der Waals surface area contributed by atoms with Gasteiger partial charge in [0, 0.05) is 33.2 Å². The molecule has 5 nitrogen and oxygen atoms in total. The van der Waals surface area contributed by atoms with Gasteiger partial charge in [-0.25, -0.2) is 0 Å². The summed E-state index contributed by atoms with van der Waals surface area (Å²) in [4.78, 5) is 1.91. The zero-order valence-electron chi connectivity index (χ0n) is 9.87. The van der Waals surface area contributed by atoms with Gasteiger partial charge in [-0.05, 0) is 19.3 Å². The summed E-state index contributed by atoms with van der Waals surface area (Å²) in [5, 5.41) is 7.41. The van der Waals surface area contributed by atoms with Gasteiger partial charge in [-0.2, -0.15) is 0 Å². The smallest absolute Gasteiger partial charge is 0.188 e. The summed E-state index contributed by atoms with van der Waals surface area (Å²) in [5.41, 5.74) is 5.46. The number of ether oxygens (including phenoxy) is 2. The van der Waals surface area contributed by atoms with Crippen LogP contribution in [0, 0.1) is 5.41 Å². The number of piperidine rings is 1. The Morgan fingerprint density at radius 1 is 1.50 bits per heavy atom. The van der Waals surface area contributed by atoms with E-state index in [1.54, 1.807) is 7.11 Å². The number of methoxy groups -OCH3 is 1. The van der Waals surface area contributed by atoms with E-state index >= 15 is 0 Å². The first-order valence-corrected chi connectivity index (χ1v) is 5.91. The molecule has 0 aromatic carbocycles. The molecule has 2 saturated heterocycles. The number of hydrogen-bond acceptors (Lipinski definition) is 3. The zero-order valence-corrected chi connectivity index (χ0v) is 9.87. The van der Waals surface area contributed by atoms with Crippen molar-refractivity contribution in [3.05, 3.63) is 0 Å². The van der Waals surface area contributed by atoms with Gasteiger partial charge in [0.25, 0.3) is 0 Å². The minimum atomic E-state index is -0.0229. The highest BCUT2D eigenvalue weighted by Gasteiger charge is 2.40. The molecule has 2 aliphatic heterocycles. The normalized spacial score (nSPS) is 29.3. The molecule has 2 fully saturated rings. The Kier molecular flexibility index (Phi) is 3.35. The lowest BCUT2D eigenvalue weighted by Crippen LogP contribution is -2.53. The molecule has 0 unspecified atom stereocenters. The first-order valence-electron chi connectivity index (χ1n) is 5.91. The van der Waals surface area contributed by atoms with Crippen molar-refractivity contribution in [2.75, 3.05) is 26.8 Å². The van der Waals surface area contributed by atoms with Crippen LogP contribution in [0.2, 0.25) is 0 Å². The van der Waals surface area contributed by atoms with Gasteiger partial charge in [-0.15, -0.1) is 0 Å². The molecule has 1 atom stereocenters. The van der Waals surface area contributed by atoms with Crippen molar-refractivity contribution < 1.29 is 9.47 Å². The Morgan fingerprint density at radius 2 is 2.19 bits per heavy atom. The number of nitrogens with one attached hydrogen (secondary N) is 1. The molecule has 2 heterocycles. The van der Waals surface area contributed by atoms with Gasteiger partial charge < -0.3 is 20.1 Å². The molecule has 2 rings (SSSR count). The van der Waals surface area contributed by atoms with Gasteiger partial charge in [0.05, 0.1) is 11.7 Å². The third kappa shape index (κ3) is 2.30. The Labute approximate surface area is 96.4 Å². The second-order valence-electron chi connectivity index (χ2n) is 4.75. The number of hydrogen-bond donors (Lipinski definition) is 2. The highest BCUT2D eigenvalue weighted by molar-refractivity contribution is 5.74. The van der Waals surface area contributed by atoms with Crippen molar-refractivity contribution in [2.24, 2.45) is 5.73 Å². The summed E-state index contributed by atoms with van der Waals surface area (Å²) in [5.74, 6) is 0.175. The minimum Gasteiger partial charge on any atom is -0.381 e. The van der Waals surface area contributed by atoms with E-state index in [2.05, 4.69) is 0 Å². The molecular weight excluding hydrogens is 206 g/mol. The van der Waals surface area contributed by atoms with E-state index in [0.29, 0.717) is 6.10 Å². The summed E-state index contributed by atoms with van der Waals surface area (Å²) in [6.45, 7) is 2.44. The van der Waals surface area contributed by atoms with Crippen LogP contribution in [0.4, 0.5) is 0 Å². The van der Waals surface area contributed by atoms with Gasteiger partial charge in [-0.3, -0.25) is 5.41 Å². The lowest BCUT2D eigenvalue weighted by atomic mass is 9.83. The summed E-state index contributed by atoms with van der Waals surface area (Å²) in [7, 11) is 1.77. The maximum absolute atomic E-state index is 7.41. The fraction of sp³-hybridized carbons (Fsp3) is 0.909. The summed E-state index contributed by atoms with van der Waals surface area (Å²) in [6.07, 6.45) is 4.21. The molecule has 16 heavy (non-hydrogen) atoms. The van der Waals surface area contributed by atoms with Gasteiger partial charge in [0.15, 0.2) is 5.96 Å². The Balaban J connectivity index is 1.93. The number of likely N-dealkylation sites (tertiary alicyclic amines) is 1. The second kappa shape index (κ2) is 4.59. The average molecular weight is 227 g/mol. The van der Waals surface area contributed by atoms with Crippen LogP contribution in [0.25, 0.3) is 0 Å². The van der Waals surface area contributed by atoms with Crippen LogP contribution in [-0.4, -0.2) is 49.4 Å². The molecule has 0 aliphatic carbocycles. The highest BCUT2D eigenvalue weighted by Crippen LogP contribution is 2.35. The van der Waals surface area contributed by atoms with Crippen LogP contribution in [-0.2, 0) is 9.47 Å². The van der Waals surface area contributed by atoms with Crippen molar-refractivity contribution in [1.29, 1.82) is 5.41 Å².